The van der Waals surface area contributed by atoms with Gasteiger partial charge in [0.15, 0.2) is 0 Å². The molecule has 1 atom stereocenters. The summed E-state index contributed by atoms with van der Waals surface area (Å²) in [7, 11) is 4.18. The minimum absolute atomic E-state index is 0.305. The second-order valence-corrected chi connectivity index (χ2v) is 5.27. The quantitative estimate of drug-likeness (QED) is 0.907. The Kier molecular flexibility index (Phi) is 4.69. The van der Waals surface area contributed by atoms with E-state index in [0.717, 1.165) is 23.6 Å². The smallest absolute Gasteiger partial charge is 0.148 e. The van der Waals surface area contributed by atoms with Gasteiger partial charge < -0.3 is 10.2 Å². The van der Waals surface area contributed by atoms with Gasteiger partial charge >= 0.3 is 0 Å². The number of hydrogen-bond donors (Lipinski definition) is 1. The molecule has 4 heteroatoms. The average molecular weight is 270 g/mol. The number of nitrogens with one attached hydrogen (secondary N) is 1. The predicted molar refractivity (Wildman–Crippen MR) is 82.9 cm³/mol. The molecule has 1 unspecified atom stereocenters. The molecule has 0 aliphatic carbocycles. The first-order valence-corrected chi connectivity index (χ1v) is 6.84. The molecule has 0 spiro atoms. The van der Waals surface area contributed by atoms with E-state index >= 15 is 0 Å². The molecule has 1 aromatic heterocycles. The van der Waals surface area contributed by atoms with Gasteiger partial charge in [-0.2, -0.15) is 5.10 Å². The summed E-state index contributed by atoms with van der Waals surface area (Å²) in [6.07, 6.45) is 0. The third-order valence-corrected chi connectivity index (χ3v) is 3.52. The van der Waals surface area contributed by atoms with Crippen molar-refractivity contribution in [2.24, 2.45) is 0 Å². The summed E-state index contributed by atoms with van der Waals surface area (Å²) >= 11 is 0. The van der Waals surface area contributed by atoms with Crippen molar-refractivity contribution < 1.29 is 0 Å². The lowest BCUT2D eigenvalue weighted by Gasteiger charge is -2.25. The molecule has 0 aliphatic rings. The maximum Gasteiger partial charge on any atom is 0.148 e. The van der Waals surface area contributed by atoms with Crippen LogP contribution in [0.2, 0.25) is 0 Å². The Morgan fingerprint density at radius 1 is 1.10 bits per heavy atom. The topological polar surface area (TPSA) is 41.0 Å². The fourth-order valence-electron chi connectivity index (χ4n) is 2.11. The number of nitrogens with zero attached hydrogens (tertiary/aromatic N) is 3. The minimum atomic E-state index is 0.305. The first-order valence-electron chi connectivity index (χ1n) is 6.84. The van der Waals surface area contributed by atoms with Crippen LogP contribution in [0.15, 0.2) is 36.4 Å². The third-order valence-electron chi connectivity index (χ3n) is 3.52. The van der Waals surface area contributed by atoms with Crippen LogP contribution in [-0.4, -0.2) is 35.7 Å². The van der Waals surface area contributed by atoms with E-state index in [0.29, 0.717) is 6.04 Å². The van der Waals surface area contributed by atoms with E-state index in [1.54, 1.807) is 0 Å². The number of benzene rings is 1. The summed E-state index contributed by atoms with van der Waals surface area (Å²) in [4.78, 5) is 2.21. The van der Waals surface area contributed by atoms with Crippen molar-refractivity contribution in [3.05, 3.63) is 53.2 Å². The van der Waals surface area contributed by atoms with E-state index < -0.39 is 0 Å². The van der Waals surface area contributed by atoms with Gasteiger partial charge in [0.2, 0.25) is 0 Å². The minimum Gasteiger partial charge on any atom is -0.367 e. The molecule has 0 saturated heterocycles. The van der Waals surface area contributed by atoms with Gasteiger partial charge in [-0.3, -0.25) is 0 Å². The monoisotopic (exact) mass is 270 g/mol. The highest BCUT2D eigenvalue weighted by molar-refractivity contribution is 5.38. The Morgan fingerprint density at radius 3 is 2.40 bits per heavy atom. The summed E-state index contributed by atoms with van der Waals surface area (Å²) in [5.41, 5.74) is 3.42. The number of rotatable bonds is 5. The number of hydrogen-bond acceptors (Lipinski definition) is 4. The zero-order valence-corrected chi connectivity index (χ0v) is 12.6. The predicted octanol–water partition coefficient (Wildman–Crippen LogP) is 2.81. The van der Waals surface area contributed by atoms with Gasteiger partial charge in [-0.25, -0.2) is 0 Å². The first kappa shape index (κ1) is 14.5. The van der Waals surface area contributed by atoms with Gasteiger partial charge in [-0.1, -0.05) is 30.3 Å². The highest BCUT2D eigenvalue weighted by Gasteiger charge is 2.13. The molecule has 0 aliphatic heterocycles. The average Bonchev–Trinajstić information content (AvgIpc) is 2.44. The van der Waals surface area contributed by atoms with E-state index in [1.807, 2.05) is 19.1 Å². The van der Waals surface area contributed by atoms with Crippen molar-refractivity contribution in [1.29, 1.82) is 0 Å². The lowest BCUT2D eigenvalue weighted by Crippen LogP contribution is -2.27. The highest BCUT2D eigenvalue weighted by Crippen LogP contribution is 2.18. The van der Waals surface area contributed by atoms with Crippen LogP contribution in [0.4, 0.5) is 5.82 Å². The molecule has 0 saturated carbocycles. The Balaban J connectivity index is 2.08. The lowest BCUT2D eigenvalue weighted by atomic mass is 10.1. The van der Waals surface area contributed by atoms with Crippen molar-refractivity contribution >= 4 is 5.82 Å². The van der Waals surface area contributed by atoms with Crippen molar-refractivity contribution in [1.82, 2.24) is 15.1 Å². The zero-order valence-electron chi connectivity index (χ0n) is 12.6. The van der Waals surface area contributed by atoms with Crippen LogP contribution >= 0.6 is 0 Å². The van der Waals surface area contributed by atoms with Gasteiger partial charge in [0.1, 0.15) is 5.82 Å². The Bertz CT molecular complexity index is 552. The van der Waals surface area contributed by atoms with Gasteiger partial charge in [-0.15, -0.1) is 5.10 Å². The van der Waals surface area contributed by atoms with Crippen LogP contribution < -0.4 is 5.32 Å². The van der Waals surface area contributed by atoms with Crippen molar-refractivity contribution in [2.75, 3.05) is 26.0 Å². The van der Waals surface area contributed by atoms with Crippen LogP contribution in [0, 0.1) is 13.8 Å². The van der Waals surface area contributed by atoms with Crippen molar-refractivity contribution in [3.8, 4) is 0 Å². The first-order chi connectivity index (χ1) is 9.58. The molecule has 20 heavy (non-hydrogen) atoms. The van der Waals surface area contributed by atoms with Gasteiger partial charge in [0.25, 0.3) is 0 Å². The molecule has 0 fully saturated rings. The SMILES string of the molecule is Cc1cc(NCC(c2ccccc2)N(C)C)nnc1C. The zero-order chi connectivity index (χ0) is 14.5. The van der Waals surface area contributed by atoms with E-state index in [2.05, 4.69) is 65.7 Å². The maximum atomic E-state index is 4.18. The molecule has 0 amide bonds. The fourth-order valence-corrected chi connectivity index (χ4v) is 2.11. The summed E-state index contributed by atoms with van der Waals surface area (Å²) < 4.78 is 0. The standard InChI is InChI=1S/C16H22N4/c1-12-10-16(19-18-13(12)2)17-11-15(20(3)4)14-8-6-5-7-9-14/h5-10,15H,11H2,1-4H3,(H,17,19). The Morgan fingerprint density at radius 2 is 1.80 bits per heavy atom. The van der Waals surface area contributed by atoms with Crippen LogP contribution in [0.5, 0.6) is 0 Å². The third kappa shape index (κ3) is 3.54. The van der Waals surface area contributed by atoms with Crippen LogP contribution in [0.1, 0.15) is 22.9 Å². The molecule has 1 N–H and O–H groups in total. The van der Waals surface area contributed by atoms with E-state index in [9.17, 15) is 0 Å². The Labute approximate surface area is 120 Å². The fraction of sp³-hybridized carbons (Fsp3) is 0.375. The molecule has 4 nitrogen and oxygen atoms in total. The highest BCUT2D eigenvalue weighted by atomic mass is 15.2. The lowest BCUT2D eigenvalue weighted by molar-refractivity contribution is 0.311. The summed E-state index contributed by atoms with van der Waals surface area (Å²) in [5, 5.41) is 11.7. The van der Waals surface area contributed by atoms with Crippen molar-refractivity contribution in [2.45, 2.75) is 19.9 Å². The van der Waals surface area contributed by atoms with Crippen LogP contribution in [-0.2, 0) is 0 Å². The van der Waals surface area contributed by atoms with Crippen molar-refractivity contribution in [3.63, 3.8) is 0 Å². The normalized spacial score (nSPS) is 12.4. The molecular weight excluding hydrogens is 248 g/mol. The van der Waals surface area contributed by atoms with Crippen LogP contribution in [0.3, 0.4) is 0 Å². The van der Waals surface area contributed by atoms with Gasteiger partial charge in [0, 0.05) is 6.54 Å². The van der Waals surface area contributed by atoms with E-state index in [1.165, 1.54) is 5.56 Å². The largest absolute Gasteiger partial charge is 0.367 e. The molecule has 106 valence electrons. The second-order valence-electron chi connectivity index (χ2n) is 5.27. The van der Waals surface area contributed by atoms with E-state index in [4.69, 9.17) is 0 Å². The van der Waals surface area contributed by atoms with E-state index in [-0.39, 0.29) is 0 Å². The molecular formula is C16H22N4. The molecule has 1 aromatic carbocycles. The number of likely N-dealkylation sites (N-methyl/N-ethyl adjacent to an activating group) is 1. The number of aromatic nitrogens is 2. The van der Waals surface area contributed by atoms with Gasteiger partial charge in [-0.05, 0) is 45.1 Å². The van der Waals surface area contributed by atoms with Gasteiger partial charge in [0.05, 0.1) is 11.7 Å². The summed E-state index contributed by atoms with van der Waals surface area (Å²) in [6.45, 7) is 4.82. The number of aryl methyl sites for hydroxylation is 2. The Hall–Kier alpha value is -1.94. The summed E-state index contributed by atoms with van der Waals surface area (Å²) in [5.74, 6) is 0.830. The van der Waals surface area contributed by atoms with Crippen LogP contribution in [0.25, 0.3) is 0 Å². The number of anilines is 1. The molecule has 2 aromatic rings. The molecule has 2 rings (SSSR count). The maximum absolute atomic E-state index is 4.18. The molecule has 1 heterocycles. The molecule has 0 radical (unpaired) electrons. The molecule has 0 bridgehead atoms. The summed E-state index contributed by atoms with van der Waals surface area (Å²) in [6, 6.07) is 12.8. The second kappa shape index (κ2) is 6.48.